The molecular weight excluding hydrogens is 246 g/mol. The van der Waals surface area contributed by atoms with Gasteiger partial charge in [-0.25, -0.2) is 9.97 Å². The summed E-state index contributed by atoms with van der Waals surface area (Å²) >= 11 is 0. The molecule has 1 saturated heterocycles. The van der Waals surface area contributed by atoms with Crippen LogP contribution in [-0.4, -0.2) is 46.3 Å². The fourth-order valence-corrected chi connectivity index (χ4v) is 2.01. The van der Waals surface area contributed by atoms with E-state index in [9.17, 15) is 0 Å². The molecule has 3 heterocycles. The minimum absolute atomic E-state index is 0.269. The number of anilines is 2. The Hall–Kier alpha value is -2.22. The highest BCUT2D eigenvalue weighted by Gasteiger charge is 2.22. The lowest BCUT2D eigenvalue weighted by atomic mass is 10.3. The molecule has 3 rings (SSSR count). The quantitative estimate of drug-likeness (QED) is 0.800. The van der Waals surface area contributed by atoms with Gasteiger partial charge in [-0.3, -0.25) is 0 Å². The molecule has 1 fully saturated rings. The van der Waals surface area contributed by atoms with Gasteiger partial charge in [0.2, 0.25) is 11.8 Å². The third-order valence-electron chi connectivity index (χ3n) is 3.02. The Bertz CT molecular complexity index is 521. The predicted molar refractivity (Wildman–Crippen MR) is 68.6 cm³/mol. The zero-order valence-corrected chi connectivity index (χ0v) is 10.4. The van der Waals surface area contributed by atoms with E-state index in [1.807, 2.05) is 11.0 Å². The third kappa shape index (κ3) is 2.48. The van der Waals surface area contributed by atoms with Gasteiger partial charge in [0, 0.05) is 38.6 Å². The number of rotatable bonds is 3. The van der Waals surface area contributed by atoms with Crippen molar-refractivity contribution >= 4 is 12.0 Å². The number of piperazine rings is 1. The van der Waals surface area contributed by atoms with Crippen LogP contribution in [0.5, 0.6) is 0 Å². The minimum atomic E-state index is 0.269. The smallest absolute Gasteiger partial charge is 0.318 e. The van der Waals surface area contributed by atoms with Crippen LogP contribution < -0.4 is 15.5 Å². The summed E-state index contributed by atoms with van der Waals surface area (Å²) in [6.07, 6.45) is 3.50. The van der Waals surface area contributed by atoms with Crippen molar-refractivity contribution in [2.75, 3.05) is 36.0 Å². The third-order valence-corrected chi connectivity index (χ3v) is 3.02. The molecule has 0 bridgehead atoms. The largest absolute Gasteiger partial charge is 0.407 e. The first-order chi connectivity index (χ1) is 9.36. The molecule has 1 aliphatic heterocycles. The van der Waals surface area contributed by atoms with E-state index >= 15 is 0 Å². The Morgan fingerprint density at radius 1 is 1.05 bits per heavy atom. The Morgan fingerprint density at radius 3 is 2.37 bits per heavy atom. The molecule has 0 spiro atoms. The van der Waals surface area contributed by atoms with E-state index in [1.54, 1.807) is 12.4 Å². The van der Waals surface area contributed by atoms with Gasteiger partial charge in [-0.05, 0) is 6.07 Å². The zero-order chi connectivity index (χ0) is 13.1. The Balaban J connectivity index is 1.63. The van der Waals surface area contributed by atoms with E-state index in [-0.39, 0.29) is 6.54 Å². The van der Waals surface area contributed by atoms with Crippen molar-refractivity contribution in [2.45, 2.75) is 6.54 Å². The highest BCUT2D eigenvalue weighted by atomic mass is 16.4. The summed E-state index contributed by atoms with van der Waals surface area (Å²) in [7, 11) is 0. The molecular formula is C11H15N7O. The van der Waals surface area contributed by atoms with Crippen LogP contribution in [0, 0.1) is 0 Å². The average molecular weight is 261 g/mol. The summed E-state index contributed by atoms with van der Waals surface area (Å²) < 4.78 is 5.44. The molecule has 0 aromatic carbocycles. The van der Waals surface area contributed by atoms with Crippen LogP contribution in [0.25, 0.3) is 0 Å². The van der Waals surface area contributed by atoms with Gasteiger partial charge in [-0.2, -0.15) is 0 Å². The van der Waals surface area contributed by atoms with Crippen molar-refractivity contribution in [3.63, 3.8) is 0 Å². The molecule has 0 saturated carbocycles. The van der Waals surface area contributed by atoms with Crippen molar-refractivity contribution in [1.82, 2.24) is 20.2 Å². The molecule has 8 heteroatoms. The standard InChI is InChI=1S/C11H15N7O/c12-8-9-15-16-11(19-9)18-6-4-17(5-7-18)10-13-2-1-3-14-10/h1-3H,4-8,12H2. The second-order valence-electron chi connectivity index (χ2n) is 4.21. The lowest BCUT2D eigenvalue weighted by Gasteiger charge is -2.33. The minimum Gasteiger partial charge on any atom is -0.407 e. The molecule has 1 aliphatic rings. The fraction of sp³-hybridized carbons (Fsp3) is 0.455. The van der Waals surface area contributed by atoms with Crippen molar-refractivity contribution in [3.05, 3.63) is 24.4 Å². The number of nitrogens with two attached hydrogens (primary N) is 1. The molecule has 0 unspecified atom stereocenters. The predicted octanol–water partition coefficient (Wildman–Crippen LogP) is -0.355. The van der Waals surface area contributed by atoms with E-state index in [2.05, 4.69) is 25.1 Å². The molecule has 2 aromatic rings. The Labute approximate surface area is 110 Å². The van der Waals surface area contributed by atoms with E-state index < -0.39 is 0 Å². The topological polar surface area (TPSA) is 97.2 Å². The summed E-state index contributed by atoms with van der Waals surface area (Å²) in [5.41, 5.74) is 5.45. The number of aromatic nitrogens is 4. The molecule has 0 amide bonds. The van der Waals surface area contributed by atoms with Gasteiger partial charge in [0.15, 0.2) is 0 Å². The molecule has 0 radical (unpaired) electrons. The second-order valence-corrected chi connectivity index (χ2v) is 4.21. The Kier molecular flexibility index (Phi) is 3.23. The summed E-state index contributed by atoms with van der Waals surface area (Å²) in [6, 6.07) is 2.35. The van der Waals surface area contributed by atoms with Crippen molar-refractivity contribution < 1.29 is 4.42 Å². The van der Waals surface area contributed by atoms with Gasteiger partial charge in [0.1, 0.15) is 0 Å². The molecule has 8 nitrogen and oxygen atoms in total. The Morgan fingerprint density at radius 2 is 1.74 bits per heavy atom. The van der Waals surface area contributed by atoms with E-state index in [4.69, 9.17) is 10.2 Å². The maximum absolute atomic E-state index is 5.45. The van der Waals surface area contributed by atoms with Crippen LogP contribution in [0.2, 0.25) is 0 Å². The number of hydrogen-bond acceptors (Lipinski definition) is 8. The second kappa shape index (κ2) is 5.19. The fourth-order valence-electron chi connectivity index (χ4n) is 2.01. The first kappa shape index (κ1) is 11.8. The summed E-state index contributed by atoms with van der Waals surface area (Å²) in [5, 5.41) is 7.85. The van der Waals surface area contributed by atoms with Gasteiger partial charge in [0.25, 0.3) is 0 Å². The van der Waals surface area contributed by atoms with Gasteiger partial charge >= 0.3 is 6.01 Å². The maximum Gasteiger partial charge on any atom is 0.318 e. The SMILES string of the molecule is NCc1nnc(N2CCN(c3ncccn3)CC2)o1. The summed E-state index contributed by atoms with van der Waals surface area (Å²) in [4.78, 5) is 12.7. The lowest BCUT2D eigenvalue weighted by Crippen LogP contribution is -2.47. The van der Waals surface area contributed by atoms with Crippen molar-refractivity contribution in [1.29, 1.82) is 0 Å². The molecule has 2 N–H and O–H groups in total. The van der Waals surface area contributed by atoms with Gasteiger partial charge < -0.3 is 20.0 Å². The highest BCUT2D eigenvalue weighted by Crippen LogP contribution is 2.16. The first-order valence-electron chi connectivity index (χ1n) is 6.16. The molecule has 19 heavy (non-hydrogen) atoms. The normalized spacial score (nSPS) is 15.8. The van der Waals surface area contributed by atoms with Gasteiger partial charge in [0.05, 0.1) is 6.54 Å². The van der Waals surface area contributed by atoms with Gasteiger partial charge in [-0.15, -0.1) is 5.10 Å². The van der Waals surface area contributed by atoms with Crippen LogP contribution in [0.1, 0.15) is 5.89 Å². The highest BCUT2D eigenvalue weighted by molar-refractivity contribution is 5.35. The molecule has 100 valence electrons. The van der Waals surface area contributed by atoms with Gasteiger partial charge in [-0.1, -0.05) is 5.10 Å². The van der Waals surface area contributed by atoms with Crippen LogP contribution in [0.4, 0.5) is 12.0 Å². The van der Waals surface area contributed by atoms with Crippen molar-refractivity contribution in [2.24, 2.45) is 5.73 Å². The monoisotopic (exact) mass is 261 g/mol. The summed E-state index contributed by atoms with van der Waals surface area (Å²) in [6.45, 7) is 3.51. The molecule has 0 atom stereocenters. The molecule has 2 aromatic heterocycles. The molecule has 0 aliphatic carbocycles. The number of hydrogen-bond donors (Lipinski definition) is 1. The van der Waals surface area contributed by atoms with E-state index in [0.29, 0.717) is 11.9 Å². The zero-order valence-electron chi connectivity index (χ0n) is 10.4. The van der Waals surface area contributed by atoms with E-state index in [1.165, 1.54) is 0 Å². The van der Waals surface area contributed by atoms with Crippen LogP contribution >= 0.6 is 0 Å². The first-order valence-corrected chi connectivity index (χ1v) is 6.16. The van der Waals surface area contributed by atoms with Crippen LogP contribution in [-0.2, 0) is 6.54 Å². The maximum atomic E-state index is 5.45. The lowest BCUT2D eigenvalue weighted by molar-refractivity contribution is 0.475. The average Bonchev–Trinajstić information content (AvgIpc) is 2.97. The van der Waals surface area contributed by atoms with Crippen molar-refractivity contribution in [3.8, 4) is 0 Å². The number of nitrogens with zero attached hydrogens (tertiary/aromatic N) is 6. The summed E-state index contributed by atoms with van der Waals surface area (Å²) in [5.74, 6) is 1.22. The van der Waals surface area contributed by atoms with Crippen LogP contribution in [0.3, 0.4) is 0 Å². The van der Waals surface area contributed by atoms with E-state index in [0.717, 1.165) is 32.1 Å². The van der Waals surface area contributed by atoms with Crippen LogP contribution in [0.15, 0.2) is 22.9 Å².